The molecule has 0 N–H and O–H groups in total. The smallest absolute Gasteiger partial charge is 0.343 e. The molecule has 0 saturated carbocycles. The number of fused-ring (bicyclic) bond motifs is 1. The zero-order valence-electron chi connectivity index (χ0n) is 26.3. The van der Waals surface area contributed by atoms with Crippen LogP contribution in [-0.4, -0.2) is 43.4 Å². The molecule has 0 amide bonds. The van der Waals surface area contributed by atoms with Gasteiger partial charge in [-0.05, 0) is 68.3 Å². The summed E-state index contributed by atoms with van der Waals surface area (Å²) < 4.78 is 29.6. The number of halogens is 1. The molecule has 1 aromatic heterocycles. The molecule has 2 heterocycles. The lowest BCUT2D eigenvalue weighted by atomic mass is 9.95. The van der Waals surface area contributed by atoms with E-state index in [1.165, 1.54) is 23.0 Å². The van der Waals surface area contributed by atoms with Gasteiger partial charge in [-0.3, -0.25) is 9.36 Å². The van der Waals surface area contributed by atoms with E-state index in [-0.39, 0.29) is 31.0 Å². The van der Waals surface area contributed by atoms with Gasteiger partial charge < -0.3 is 23.7 Å². The fraction of sp³-hybridized carbons (Fsp3) is 0.257. The third-order valence-corrected chi connectivity index (χ3v) is 8.38. The molecular formula is C35H33ClN2O8S. The van der Waals surface area contributed by atoms with E-state index in [0.717, 1.165) is 5.56 Å². The fourth-order valence-electron chi connectivity index (χ4n) is 5.05. The molecule has 0 unspecified atom stereocenters. The Morgan fingerprint density at radius 2 is 1.77 bits per heavy atom. The maximum atomic E-state index is 14.2. The highest BCUT2D eigenvalue weighted by molar-refractivity contribution is 7.07. The average molecular weight is 677 g/mol. The van der Waals surface area contributed by atoms with Gasteiger partial charge in [0.25, 0.3) is 5.56 Å². The topological polar surface area (TPSA) is 115 Å². The highest BCUT2D eigenvalue weighted by Gasteiger charge is 2.34. The summed E-state index contributed by atoms with van der Waals surface area (Å²) in [6.07, 6.45) is 1.76. The number of rotatable bonds is 12. The normalized spacial score (nSPS) is 14.2. The first-order valence-electron chi connectivity index (χ1n) is 14.9. The van der Waals surface area contributed by atoms with Crippen molar-refractivity contribution in [2.75, 3.05) is 26.9 Å². The van der Waals surface area contributed by atoms with Crippen molar-refractivity contribution in [3.63, 3.8) is 0 Å². The molecule has 4 aromatic rings. The molecule has 1 aliphatic heterocycles. The van der Waals surface area contributed by atoms with E-state index >= 15 is 0 Å². The van der Waals surface area contributed by atoms with Crippen LogP contribution in [0.15, 0.2) is 87.8 Å². The first kappa shape index (κ1) is 33.5. The third kappa shape index (κ3) is 7.58. The molecule has 244 valence electrons. The number of carbonyl (C=O) groups excluding carboxylic acids is 2. The molecule has 0 aliphatic carbocycles. The summed E-state index contributed by atoms with van der Waals surface area (Å²) in [5.41, 5.74) is 2.47. The van der Waals surface area contributed by atoms with E-state index in [1.54, 1.807) is 44.2 Å². The molecule has 10 nitrogen and oxygen atoms in total. The van der Waals surface area contributed by atoms with Gasteiger partial charge >= 0.3 is 11.9 Å². The summed E-state index contributed by atoms with van der Waals surface area (Å²) in [7, 11) is 1.27. The van der Waals surface area contributed by atoms with Crippen LogP contribution < -0.4 is 29.1 Å². The van der Waals surface area contributed by atoms with Gasteiger partial charge in [0.2, 0.25) is 0 Å². The number of aromatic nitrogens is 1. The van der Waals surface area contributed by atoms with Crippen molar-refractivity contribution in [2.45, 2.75) is 33.4 Å². The van der Waals surface area contributed by atoms with Crippen LogP contribution in [-0.2, 0) is 25.7 Å². The molecule has 0 spiro atoms. The van der Waals surface area contributed by atoms with E-state index in [4.69, 9.17) is 30.5 Å². The van der Waals surface area contributed by atoms with Gasteiger partial charge in [-0.15, -0.1) is 0 Å². The lowest BCUT2D eigenvalue weighted by Gasteiger charge is -2.25. The largest absolute Gasteiger partial charge is 0.490 e. The predicted octanol–water partition coefficient (Wildman–Crippen LogP) is 4.98. The SMILES string of the molecule is CCOC(=O)C1=C(C)N=c2s/c(=C/c3ccccc3OCc3cccc(Cl)c3)c(=O)n2[C@@H]1c1ccc(OCC(=O)OC)c(OCC)c1. The first-order valence-corrected chi connectivity index (χ1v) is 16.1. The molecule has 47 heavy (non-hydrogen) atoms. The Bertz CT molecular complexity index is 2020. The lowest BCUT2D eigenvalue weighted by molar-refractivity contribution is -0.143. The van der Waals surface area contributed by atoms with Crippen molar-refractivity contribution in [3.05, 3.63) is 119 Å². The van der Waals surface area contributed by atoms with Crippen LogP contribution in [0.25, 0.3) is 6.08 Å². The summed E-state index contributed by atoms with van der Waals surface area (Å²) in [5, 5.41) is 0.615. The highest BCUT2D eigenvalue weighted by Crippen LogP contribution is 2.36. The number of hydrogen-bond acceptors (Lipinski definition) is 10. The average Bonchev–Trinajstić information content (AvgIpc) is 3.36. The van der Waals surface area contributed by atoms with Gasteiger partial charge in [-0.2, -0.15) is 0 Å². The molecule has 0 saturated heterocycles. The molecule has 3 aromatic carbocycles. The minimum atomic E-state index is -0.879. The number of ether oxygens (including phenoxy) is 5. The summed E-state index contributed by atoms with van der Waals surface area (Å²) in [5.74, 6) is 0.0861. The van der Waals surface area contributed by atoms with Crippen LogP contribution in [0.1, 0.15) is 43.5 Å². The van der Waals surface area contributed by atoms with Gasteiger partial charge in [-0.25, -0.2) is 14.6 Å². The van der Waals surface area contributed by atoms with Crippen LogP contribution >= 0.6 is 22.9 Å². The number of hydrogen-bond donors (Lipinski definition) is 0. The van der Waals surface area contributed by atoms with Crippen molar-refractivity contribution in [1.29, 1.82) is 0 Å². The number of para-hydroxylation sites is 1. The van der Waals surface area contributed by atoms with E-state index in [2.05, 4.69) is 9.73 Å². The number of carbonyl (C=O) groups is 2. The molecule has 1 aliphatic rings. The maximum Gasteiger partial charge on any atom is 0.343 e. The van der Waals surface area contributed by atoms with Gasteiger partial charge in [0.15, 0.2) is 22.9 Å². The predicted molar refractivity (Wildman–Crippen MR) is 178 cm³/mol. The van der Waals surface area contributed by atoms with E-state index in [9.17, 15) is 14.4 Å². The van der Waals surface area contributed by atoms with E-state index in [0.29, 0.717) is 55.0 Å². The third-order valence-electron chi connectivity index (χ3n) is 7.16. The molecule has 1 atom stereocenters. The van der Waals surface area contributed by atoms with Crippen molar-refractivity contribution < 1.29 is 33.3 Å². The van der Waals surface area contributed by atoms with Crippen molar-refractivity contribution in [3.8, 4) is 17.2 Å². The monoisotopic (exact) mass is 676 g/mol. The van der Waals surface area contributed by atoms with Crippen molar-refractivity contribution in [2.24, 2.45) is 4.99 Å². The summed E-state index contributed by atoms with van der Waals surface area (Å²) in [4.78, 5) is 44.4. The molecular weight excluding hydrogens is 644 g/mol. The summed E-state index contributed by atoms with van der Waals surface area (Å²) in [6, 6.07) is 19.0. The molecule has 5 rings (SSSR count). The van der Waals surface area contributed by atoms with Gasteiger partial charge in [0, 0.05) is 10.6 Å². The second-order valence-corrected chi connectivity index (χ2v) is 11.7. The van der Waals surface area contributed by atoms with E-state index < -0.39 is 18.0 Å². The Hall–Kier alpha value is -4.87. The van der Waals surface area contributed by atoms with Crippen LogP contribution in [0.5, 0.6) is 17.2 Å². The first-order chi connectivity index (χ1) is 22.7. The Balaban J connectivity index is 1.60. The van der Waals surface area contributed by atoms with E-state index in [1.807, 2.05) is 49.4 Å². The number of esters is 2. The minimum Gasteiger partial charge on any atom is -0.490 e. The maximum absolute atomic E-state index is 14.2. The number of nitrogens with zero attached hydrogens (tertiary/aromatic N) is 2. The summed E-state index contributed by atoms with van der Waals surface area (Å²) >= 11 is 7.34. The van der Waals surface area contributed by atoms with Crippen molar-refractivity contribution >= 4 is 41.0 Å². The van der Waals surface area contributed by atoms with Crippen LogP contribution in [0.2, 0.25) is 5.02 Å². The molecule has 12 heteroatoms. The molecule has 0 fully saturated rings. The second-order valence-electron chi connectivity index (χ2n) is 10.3. The Morgan fingerprint density at radius 1 is 0.957 bits per heavy atom. The zero-order valence-corrected chi connectivity index (χ0v) is 27.9. The fourth-order valence-corrected chi connectivity index (χ4v) is 6.30. The molecule has 0 bridgehead atoms. The Kier molecular flexibility index (Phi) is 10.8. The summed E-state index contributed by atoms with van der Waals surface area (Å²) in [6.45, 7) is 5.66. The molecule has 0 radical (unpaired) electrons. The minimum absolute atomic E-state index is 0.142. The van der Waals surface area contributed by atoms with Crippen LogP contribution in [0, 0.1) is 0 Å². The lowest BCUT2D eigenvalue weighted by Crippen LogP contribution is -2.40. The van der Waals surface area contributed by atoms with Gasteiger partial charge in [0.05, 0.1) is 42.2 Å². The number of thiazole rings is 1. The number of benzene rings is 3. The second kappa shape index (κ2) is 15.1. The Labute approximate surface area is 280 Å². The van der Waals surface area contributed by atoms with Crippen LogP contribution in [0.4, 0.5) is 0 Å². The standard InChI is InChI=1S/C35H33ClN2O8S/c1-5-43-28-17-24(14-15-27(28)46-20-30(39)42-4)32-31(34(41)44-6-2)21(3)37-35-38(32)33(40)29(47-35)18-23-11-7-8-13-26(23)45-19-22-10-9-12-25(36)16-22/h7-18,32H,5-6,19-20H2,1-4H3/b29-18+/t32-/m1/s1. The highest BCUT2D eigenvalue weighted by atomic mass is 35.5. The van der Waals surface area contributed by atoms with Crippen molar-refractivity contribution in [1.82, 2.24) is 4.57 Å². The number of methoxy groups -OCH3 is 1. The number of allylic oxidation sites excluding steroid dienone is 1. The van der Waals surface area contributed by atoms with Gasteiger partial charge in [-0.1, -0.05) is 59.3 Å². The Morgan fingerprint density at radius 3 is 2.51 bits per heavy atom. The zero-order chi connectivity index (χ0) is 33.5. The van der Waals surface area contributed by atoms with Crippen LogP contribution in [0.3, 0.4) is 0 Å². The quantitative estimate of drug-likeness (QED) is 0.193. The van der Waals surface area contributed by atoms with Gasteiger partial charge in [0.1, 0.15) is 12.4 Å².